The van der Waals surface area contributed by atoms with Crippen molar-refractivity contribution in [2.75, 3.05) is 13.2 Å². The Morgan fingerprint density at radius 3 is 2.42 bits per heavy atom. The number of carbonyl (C=O) groups is 1. The summed E-state index contributed by atoms with van der Waals surface area (Å²) in [5, 5.41) is 13.1. The zero-order valence-corrected chi connectivity index (χ0v) is 20.1. The molecule has 4 rings (SSSR count). The number of amides is 1. The molecule has 2 N–H and O–H groups in total. The van der Waals surface area contributed by atoms with E-state index in [9.17, 15) is 9.90 Å². The highest BCUT2D eigenvalue weighted by Crippen LogP contribution is 2.34. The maximum Gasteiger partial charge on any atom is 0.258 e. The lowest BCUT2D eigenvalue weighted by atomic mass is 9.98. The number of pyridine rings is 1. The zero-order chi connectivity index (χ0) is 23.4. The molecule has 0 fully saturated rings. The fraction of sp³-hybridized carbons (Fsp3) is 0.185. The fourth-order valence-electron chi connectivity index (χ4n) is 3.53. The third-order valence-electron chi connectivity index (χ3n) is 5.25. The molecule has 0 aliphatic carbocycles. The summed E-state index contributed by atoms with van der Waals surface area (Å²) < 4.78 is 6.62. The van der Waals surface area contributed by atoms with Gasteiger partial charge in [0.2, 0.25) is 0 Å². The van der Waals surface area contributed by atoms with Crippen molar-refractivity contribution >= 4 is 32.7 Å². The van der Waals surface area contributed by atoms with Crippen molar-refractivity contribution < 1.29 is 14.6 Å². The van der Waals surface area contributed by atoms with E-state index in [0.29, 0.717) is 5.75 Å². The van der Waals surface area contributed by atoms with Crippen LogP contribution in [0.5, 0.6) is 5.75 Å². The van der Waals surface area contributed by atoms with Crippen LogP contribution in [0.4, 0.5) is 0 Å². The molecule has 0 atom stereocenters. The maximum absolute atomic E-state index is 12.0. The van der Waals surface area contributed by atoms with Crippen LogP contribution in [-0.2, 0) is 4.79 Å². The molecule has 0 bridgehead atoms. The lowest BCUT2D eigenvalue weighted by molar-refractivity contribution is -0.125. The van der Waals surface area contributed by atoms with Gasteiger partial charge in [-0.1, -0.05) is 46.3 Å². The first-order chi connectivity index (χ1) is 15.8. The van der Waals surface area contributed by atoms with Crippen molar-refractivity contribution in [2.45, 2.75) is 19.4 Å². The minimum atomic E-state index is -0.682. The number of aliphatic hydroxyl groups excluding tert-OH is 1. The van der Waals surface area contributed by atoms with E-state index >= 15 is 0 Å². The molecule has 33 heavy (non-hydrogen) atoms. The number of benzene rings is 3. The molecule has 6 heteroatoms. The highest BCUT2D eigenvalue weighted by molar-refractivity contribution is 9.10. The van der Waals surface area contributed by atoms with Crippen LogP contribution >= 0.6 is 15.9 Å². The fourth-order valence-corrected chi connectivity index (χ4v) is 3.89. The largest absolute Gasteiger partial charge is 0.484 e. The molecular weight excluding hydrogens is 480 g/mol. The maximum atomic E-state index is 12.0. The number of nitrogens with one attached hydrogen (secondary N) is 1. The first-order valence-corrected chi connectivity index (χ1v) is 11.4. The monoisotopic (exact) mass is 504 g/mol. The summed E-state index contributed by atoms with van der Waals surface area (Å²) in [6.45, 7) is 3.23. The number of hydrogen-bond acceptors (Lipinski definition) is 4. The molecule has 0 saturated heterocycles. The number of hydrogen-bond donors (Lipinski definition) is 2. The predicted octanol–water partition coefficient (Wildman–Crippen LogP) is 5.60. The second-order valence-corrected chi connectivity index (χ2v) is 9.40. The Hall–Kier alpha value is -3.22. The number of ether oxygens (including phenoxy) is 1. The average Bonchev–Trinajstić information content (AvgIpc) is 2.83. The van der Waals surface area contributed by atoms with Gasteiger partial charge in [-0.3, -0.25) is 4.79 Å². The second kappa shape index (κ2) is 9.73. The Morgan fingerprint density at radius 2 is 1.73 bits per heavy atom. The minimum Gasteiger partial charge on any atom is -0.484 e. The van der Waals surface area contributed by atoms with Gasteiger partial charge in [0, 0.05) is 15.4 Å². The number of halogens is 1. The van der Waals surface area contributed by atoms with Gasteiger partial charge in [-0.15, -0.1) is 0 Å². The van der Waals surface area contributed by atoms with Gasteiger partial charge in [-0.25, -0.2) is 4.98 Å². The molecule has 168 valence electrons. The molecule has 0 radical (unpaired) electrons. The second-order valence-electron chi connectivity index (χ2n) is 8.49. The summed E-state index contributed by atoms with van der Waals surface area (Å²) in [4.78, 5) is 16.9. The van der Waals surface area contributed by atoms with Crippen molar-refractivity contribution in [1.29, 1.82) is 0 Å². The highest BCUT2D eigenvalue weighted by atomic mass is 79.9. The van der Waals surface area contributed by atoms with Crippen LogP contribution in [0.3, 0.4) is 0 Å². The number of nitrogens with zero attached hydrogens (tertiary/aromatic N) is 1. The quantitative estimate of drug-likeness (QED) is 0.343. The summed E-state index contributed by atoms with van der Waals surface area (Å²) in [7, 11) is 0. The molecule has 0 aliphatic rings. The summed E-state index contributed by atoms with van der Waals surface area (Å²) in [5.41, 5.74) is 4.28. The molecule has 0 aliphatic heterocycles. The Labute approximate surface area is 201 Å². The van der Waals surface area contributed by atoms with Crippen molar-refractivity contribution in [1.82, 2.24) is 10.3 Å². The summed E-state index contributed by atoms with van der Waals surface area (Å²) in [6, 6.07) is 26.0. The van der Waals surface area contributed by atoms with E-state index in [1.54, 1.807) is 13.8 Å². The van der Waals surface area contributed by atoms with E-state index < -0.39 is 5.54 Å². The zero-order valence-electron chi connectivity index (χ0n) is 18.5. The molecule has 0 unspecified atom stereocenters. The molecule has 1 amide bonds. The Kier molecular flexibility index (Phi) is 6.77. The number of rotatable bonds is 7. The topological polar surface area (TPSA) is 71.5 Å². The molecule has 4 aromatic rings. The van der Waals surface area contributed by atoms with Crippen LogP contribution in [0.15, 0.2) is 83.3 Å². The Bertz CT molecular complexity index is 1270. The SMILES string of the molecule is CC(C)(CO)NC(=O)COc1ccc(-c2cc(-c3ccccc3)c3cc(Br)ccc3n2)cc1. The van der Waals surface area contributed by atoms with E-state index in [-0.39, 0.29) is 19.1 Å². The summed E-state index contributed by atoms with van der Waals surface area (Å²) in [6.07, 6.45) is 0. The molecule has 3 aromatic carbocycles. The van der Waals surface area contributed by atoms with E-state index in [0.717, 1.165) is 37.8 Å². The van der Waals surface area contributed by atoms with E-state index in [4.69, 9.17) is 9.72 Å². The van der Waals surface area contributed by atoms with Crippen LogP contribution in [-0.4, -0.2) is 34.8 Å². The molecule has 1 heterocycles. The predicted molar refractivity (Wildman–Crippen MR) is 135 cm³/mol. The van der Waals surface area contributed by atoms with Gasteiger partial charge < -0.3 is 15.2 Å². The lowest BCUT2D eigenvalue weighted by Crippen LogP contribution is -2.48. The lowest BCUT2D eigenvalue weighted by Gasteiger charge is -2.23. The number of aromatic nitrogens is 1. The number of fused-ring (bicyclic) bond motifs is 1. The van der Waals surface area contributed by atoms with Crippen molar-refractivity contribution in [3.63, 3.8) is 0 Å². The van der Waals surface area contributed by atoms with E-state index in [2.05, 4.69) is 45.5 Å². The van der Waals surface area contributed by atoms with Crippen molar-refractivity contribution in [2.24, 2.45) is 0 Å². The number of carbonyl (C=O) groups excluding carboxylic acids is 1. The van der Waals surface area contributed by atoms with Crippen molar-refractivity contribution in [3.05, 3.63) is 83.3 Å². The molecular formula is C27H25BrN2O3. The van der Waals surface area contributed by atoms with E-state index in [1.165, 1.54) is 0 Å². The van der Waals surface area contributed by atoms with Crippen molar-refractivity contribution in [3.8, 4) is 28.1 Å². The molecule has 0 spiro atoms. The summed E-state index contributed by atoms with van der Waals surface area (Å²) in [5.74, 6) is 0.302. The third-order valence-corrected chi connectivity index (χ3v) is 5.74. The van der Waals surface area contributed by atoms with E-state index in [1.807, 2.05) is 54.6 Å². The summed E-state index contributed by atoms with van der Waals surface area (Å²) >= 11 is 3.57. The average molecular weight is 505 g/mol. The van der Waals surface area contributed by atoms with Crippen LogP contribution in [0.2, 0.25) is 0 Å². The van der Waals surface area contributed by atoms with Gasteiger partial charge >= 0.3 is 0 Å². The van der Waals surface area contributed by atoms with Gasteiger partial charge in [0.15, 0.2) is 6.61 Å². The van der Waals surface area contributed by atoms with Crippen LogP contribution < -0.4 is 10.1 Å². The number of aliphatic hydroxyl groups is 1. The van der Waals surface area contributed by atoms with Gasteiger partial charge in [0.25, 0.3) is 5.91 Å². The molecule has 1 aromatic heterocycles. The molecule has 0 saturated carbocycles. The standard InChI is InChI=1S/C27H25BrN2O3/c1-27(2,17-31)30-26(32)16-33-21-11-8-19(9-12-21)25-15-22(18-6-4-3-5-7-18)23-14-20(28)10-13-24(23)29-25/h3-15,31H,16-17H2,1-2H3,(H,30,32). The highest BCUT2D eigenvalue weighted by Gasteiger charge is 2.19. The van der Waals surface area contributed by atoms with Gasteiger partial charge in [-0.05, 0) is 73.5 Å². The Balaban J connectivity index is 1.59. The van der Waals surface area contributed by atoms with Crippen LogP contribution in [0.1, 0.15) is 13.8 Å². The van der Waals surface area contributed by atoms with Crippen LogP contribution in [0, 0.1) is 0 Å². The third kappa shape index (κ3) is 5.59. The van der Waals surface area contributed by atoms with Gasteiger partial charge in [0.1, 0.15) is 5.75 Å². The first kappa shape index (κ1) is 23.0. The minimum absolute atomic E-state index is 0.121. The Morgan fingerprint density at radius 1 is 1.00 bits per heavy atom. The smallest absolute Gasteiger partial charge is 0.258 e. The van der Waals surface area contributed by atoms with Gasteiger partial charge in [-0.2, -0.15) is 0 Å². The van der Waals surface area contributed by atoms with Gasteiger partial charge in [0.05, 0.1) is 23.4 Å². The molecule has 5 nitrogen and oxygen atoms in total. The first-order valence-electron chi connectivity index (χ1n) is 10.7. The normalized spacial score (nSPS) is 11.4. The van der Waals surface area contributed by atoms with Crippen LogP contribution in [0.25, 0.3) is 33.3 Å².